The summed E-state index contributed by atoms with van der Waals surface area (Å²) in [5.41, 5.74) is 2.74. The van der Waals surface area contributed by atoms with Gasteiger partial charge < -0.3 is 5.32 Å². The van der Waals surface area contributed by atoms with E-state index in [0.717, 1.165) is 17.4 Å². The number of nitrogens with one attached hydrogen (secondary N) is 1. The van der Waals surface area contributed by atoms with Crippen molar-refractivity contribution in [2.24, 2.45) is 0 Å². The fraction of sp³-hybridized carbons (Fsp3) is 0.294. The molecule has 0 aliphatic rings. The minimum atomic E-state index is 0.397. The first kappa shape index (κ1) is 14.3. The minimum Gasteiger partial charge on any atom is -0.310 e. The van der Waals surface area contributed by atoms with Crippen LogP contribution in [0.2, 0.25) is 0 Å². The van der Waals surface area contributed by atoms with Crippen molar-refractivity contribution in [3.8, 4) is 0 Å². The van der Waals surface area contributed by atoms with Crippen LogP contribution in [0.3, 0.4) is 0 Å². The Balaban J connectivity index is 1.74. The normalized spacial score (nSPS) is 12.3. The predicted molar refractivity (Wildman–Crippen MR) is 85.3 cm³/mol. The van der Waals surface area contributed by atoms with Crippen LogP contribution in [0.25, 0.3) is 0 Å². The molecule has 0 fully saturated rings. The van der Waals surface area contributed by atoms with Crippen LogP contribution in [-0.2, 0) is 6.42 Å². The van der Waals surface area contributed by atoms with E-state index in [4.69, 9.17) is 0 Å². The number of aryl methyl sites for hydroxylation is 1. The van der Waals surface area contributed by atoms with Gasteiger partial charge in [0.25, 0.3) is 0 Å². The molecule has 0 aliphatic heterocycles. The van der Waals surface area contributed by atoms with E-state index in [1.54, 1.807) is 0 Å². The third kappa shape index (κ3) is 4.81. The van der Waals surface area contributed by atoms with Crippen molar-refractivity contribution < 1.29 is 0 Å². The zero-order valence-corrected chi connectivity index (χ0v) is 12.9. The molecule has 2 aromatic rings. The molecule has 0 heterocycles. The molecule has 0 bridgehead atoms. The van der Waals surface area contributed by atoms with E-state index in [1.807, 2.05) is 0 Å². The average molecular weight is 318 g/mol. The van der Waals surface area contributed by atoms with Gasteiger partial charge in [-0.15, -0.1) is 0 Å². The molecule has 2 heteroatoms. The monoisotopic (exact) mass is 317 g/mol. The zero-order valence-electron chi connectivity index (χ0n) is 11.3. The van der Waals surface area contributed by atoms with E-state index < -0.39 is 0 Å². The lowest BCUT2D eigenvalue weighted by Gasteiger charge is -2.14. The van der Waals surface area contributed by atoms with Gasteiger partial charge in [0.15, 0.2) is 0 Å². The van der Waals surface area contributed by atoms with Gasteiger partial charge in [-0.25, -0.2) is 0 Å². The number of rotatable bonds is 6. The summed E-state index contributed by atoms with van der Waals surface area (Å²) in [6.45, 7) is 3.26. The quantitative estimate of drug-likeness (QED) is 0.759. The summed E-state index contributed by atoms with van der Waals surface area (Å²) in [6, 6.07) is 19.5. The standard InChI is InChI=1S/C17H20BrN/c1-14(16-10-5-11-17(18)13-16)19-12-6-9-15-7-3-2-4-8-15/h2-5,7-8,10-11,13-14,19H,6,9,12H2,1H3/t14-/m0/s1. The van der Waals surface area contributed by atoms with Crippen molar-refractivity contribution in [3.05, 3.63) is 70.2 Å². The first-order valence-corrected chi connectivity index (χ1v) is 7.58. The van der Waals surface area contributed by atoms with Crippen LogP contribution in [0, 0.1) is 0 Å². The first-order chi connectivity index (χ1) is 9.25. The maximum atomic E-state index is 3.58. The van der Waals surface area contributed by atoms with Gasteiger partial charge in [-0.2, -0.15) is 0 Å². The highest BCUT2D eigenvalue weighted by Crippen LogP contribution is 2.17. The molecule has 0 radical (unpaired) electrons. The van der Waals surface area contributed by atoms with E-state index in [9.17, 15) is 0 Å². The van der Waals surface area contributed by atoms with Crippen molar-refractivity contribution in [1.82, 2.24) is 5.32 Å². The number of hydrogen-bond donors (Lipinski definition) is 1. The summed E-state index contributed by atoms with van der Waals surface area (Å²) in [4.78, 5) is 0. The molecule has 0 aliphatic carbocycles. The van der Waals surface area contributed by atoms with E-state index in [1.165, 1.54) is 17.5 Å². The first-order valence-electron chi connectivity index (χ1n) is 6.78. The Labute approximate surface area is 124 Å². The van der Waals surface area contributed by atoms with Crippen molar-refractivity contribution in [1.29, 1.82) is 0 Å². The van der Waals surface area contributed by atoms with E-state index in [-0.39, 0.29) is 0 Å². The number of benzene rings is 2. The van der Waals surface area contributed by atoms with Crippen LogP contribution >= 0.6 is 15.9 Å². The average Bonchev–Trinajstić information content (AvgIpc) is 2.44. The predicted octanol–water partition coefficient (Wildman–Crippen LogP) is 4.73. The Morgan fingerprint density at radius 2 is 1.84 bits per heavy atom. The van der Waals surface area contributed by atoms with Gasteiger partial charge in [0, 0.05) is 10.5 Å². The zero-order chi connectivity index (χ0) is 13.5. The van der Waals surface area contributed by atoms with Crippen LogP contribution in [0.5, 0.6) is 0 Å². The Morgan fingerprint density at radius 1 is 1.05 bits per heavy atom. The van der Waals surface area contributed by atoms with Gasteiger partial charge in [0.1, 0.15) is 0 Å². The van der Waals surface area contributed by atoms with Crippen molar-refractivity contribution in [2.45, 2.75) is 25.8 Å². The van der Waals surface area contributed by atoms with Gasteiger partial charge in [-0.3, -0.25) is 0 Å². The van der Waals surface area contributed by atoms with Crippen LogP contribution in [0.1, 0.15) is 30.5 Å². The van der Waals surface area contributed by atoms with Gasteiger partial charge in [0.05, 0.1) is 0 Å². The summed E-state index contributed by atoms with van der Waals surface area (Å²) < 4.78 is 1.14. The van der Waals surface area contributed by atoms with Crippen molar-refractivity contribution in [2.75, 3.05) is 6.54 Å². The molecule has 0 amide bonds. The maximum Gasteiger partial charge on any atom is 0.0292 e. The lowest BCUT2D eigenvalue weighted by Crippen LogP contribution is -2.20. The third-order valence-corrected chi connectivity index (χ3v) is 3.78. The molecule has 19 heavy (non-hydrogen) atoms. The van der Waals surface area contributed by atoms with Gasteiger partial charge in [0.2, 0.25) is 0 Å². The summed E-state index contributed by atoms with van der Waals surface area (Å²) in [5.74, 6) is 0. The Kier molecular flexibility index (Phi) is 5.62. The fourth-order valence-corrected chi connectivity index (χ4v) is 2.57. The largest absolute Gasteiger partial charge is 0.310 e. The van der Waals surface area contributed by atoms with Crippen molar-refractivity contribution in [3.63, 3.8) is 0 Å². The Hall–Kier alpha value is -1.12. The number of hydrogen-bond acceptors (Lipinski definition) is 1. The maximum absolute atomic E-state index is 3.58. The molecule has 2 aromatic carbocycles. The summed E-state index contributed by atoms with van der Waals surface area (Å²) in [5, 5.41) is 3.58. The Bertz CT molecular complexity index is 496. The van der Waals surface area contributed by atoms with E-state index in [2.05, 4.69) is 82.8 Å². The highest BCUT2D eigenvalue weighted by molar-refractivity contribution is 9.10. The van der Waals surface area contributed by atoms with Crippen LogP contribution < -0.4 is 5.32 Å². The smallest absolute Gasteiger partial charge is 0.0292 e. The Morgan fingerprint density at radius 3 is 2.58 bits per heavy atom. The molecular formula is C17H20BrN. The second-order valence-corrected chi connectivity index (χ2v) is 5.74. The summed E-state index contributed by atoms with van der Waals surface area (Å²) in [7, 11) is 0. The molecule has 2 rings (SSSR count). The van der Waals surface area contributed by atoms with E-state index >= 15 is 0 Å². The van der Waals surface area contributed by atoms with Crippen LogP contribution in [0.15, 0.2) is 59.1 Å². The molecule has 0 unspecified atom stereocenters. The second-order valence-electron chi connectivity index (χ2n) is 4.82. The minimum absolute atomic E-state index is 0.397. The molecule has 1 atom stereocenters. The highest BCUT2D eigenvalue weighted by atomic mass is 79.9. The van der Waals surface area contributed by atoms with E-state index in [0.29, 0.717) is 6.04 Å². The molecular weight excluding hydrogens is 298 g/mol. The van der Waals surface area contributed by atoms with Gasteiger partial charge >= 0.3 is 0 Å². The van der Waals surface area contributed by atoms with Crippen LogP contribution in [-0.4, -0.2) is 6.54 Å². The summed E-state index contributed by atoms with van der Waals surface area (Å²) in [6.07, 6.45) is 2.31. The van der Waals surface area contributed by atoms with Crippen LogP contribution in [0.4, 0.5) is 0 Å². The second kappa shape index (κ2) is 7.46. The lowest BCUT2D eigenvalue weighted by atomic mass is 10.1. The molecule has 0 saturated heterocycles. The SMILES string of the molecule is C[C@H](NCCCc1ccccc1)c1cccc(Br)c1. The van der Waals surface area contributed by atoms with Gasteiger partial charge in [-0.1, -0.05) is 58.4 Å². The number of halogens is 1. The molecule has 1 N–H and O–H groups in total. The fourth-order valence-electron chi connectivity index (χ4n) is 2.15. The molecule has 0 saturated carbocycles. The lowest BCUT2D eigenvalue weighted by molar-refractivity contribution is 0.558. The molecule has 1 nitrogen and oxygen atoms in total. The molecule has 0 aromatic heterocycles. The third-order valence-electron chi connectivity index (χ3n) is 3.28. The summed E-state index contributed by atoms with van der Waals surface area (Å²) >= 11 is 3.52. The van der Waals surface area contributed by atoms with Crippen molar-refractivity contribution >= 4 is 15.9 Å². The van der Waals surface area contributed by atoms with Gasteiger partial charge in [-0.05, 0) is 49.6 Å². The highest BCUT2D eigenvalue weighted by Gasteiger charge is 2.04. The molecule has 100 valence electrons. The topological polar surface area (TPSA) is 12.0 Å². The molecule has 0 spiro atoms.